The second-order valence-electron chi connectivity index (χ2n) is 10.2. The molecule has 0 spiro atoms. The van der Waals surface area contributed by atoms with E-state index in [1.165, 1.54) is 11.1 Å². The fourth-order valence-corrected chi connectivity index (χ4v) is 4.70. The Kier molecular flexibility index (Phi) is 6.16. The minimum Gasteiger partial charge on any atom is -0.444 e. The standard InChI is InChI=1S/C30H31N3O2/c1-30(2,3)35-29(34)33(27-16-24-7-4-5-8-25(24)17-27)19-21-11-13-22(14-12-21)23-9-6-10-26(15-23)28-18-31-20-32-28/h4-15,18,20,27H,16-17,19H2,1-3H3,(H,31,32). The first kappa shape index (κ1) is 22.9. The lowest BCUT2D eigenvalue weighted by molar-refractivity contribution is 0.0148. The van der Waals surface area contributed by atoms with Crippen LogP contribution in [0.25, 0.3) is 22.4 Å². The molecule has 1 N–H and O–H groups in total. The molecule has 1 heterocycles. The number of fused-ring (bicyclic) bond motifs is 1. The summed E-state index contributed by atoms with van der Waals surface area (Å²) in [5.74, 6) is 0. The highest BCUT2D eigenvalue weighted by atomic mass is 16.6. The lowest BCUT2D eigenvalue weighted by Crippen LogP contribution is -2.43. The normalized spacial score (nSPS) is 13.5. The van der Waals surface area contributed by atoms with Crippen LogP contribution in [0.15, 0.2) is 85.3 Å². The number of imidazole rings is 1. The van der Waals surface area contributed by atoms with Gasteiger partial charge in [0.25, 0.3) is 0 Å². The molecule has 0 aliphatic heterocycles. The highest BCUT2D eigenvalue weighted by molar-refractivity contribution is 5.72. The van der Waals surface area contributed by atoms with Gasteiger partial charge in [-0.1, -0.05) is 66.7 Å². The van der Waals surface area contributed by atoms with E-state index in [0.717, 1.165) is 40.8 Å². The molecule has 1 aromatic heterocycles. The largest absolute Gasteiger partial charge is 0.444 e. The maximum atomic E-state index is 13.2. The third-order valence-corrected chi connectivity index (χ3v) is 6.41. The van der Waals surface area contributed by atoms with Crippen LogP contribution in [0.2, 0.25) is 0 Å². The molecule has 5 nitrogen and oxygen atoms in total. The van der Waals surface area contributed by atoms with Crippen molar-refractivity contribution in [3.63, 3.8) is 0 Å². The number of hydrogen-bond donors (Lipinski definition) is 1. The molecule has 0 fully saturated rings. The highest BCUT2D eigenvalue weighted by Crippen LogP contribution is 2.29. The number of amides is 1. The topological polar surface area (TPSA) is 58.2 Å². The lowest BCUT2D eigenvalue weighted by Gasteiger charge is -2.31. The van der Waals surface area contributed by atoms with Crippen molar-refractivity contribution in [3.8, 4) is 22.4 Å². The maximum absolute atomic E-state index is 13.2. The average molecular weight is 466 g/mol. The Hall–Kier alpha value is -3.86. The molecule has 5 rings (SSSR count). The number of rotatable bonds is 5. The number of nitrogens with zero attached hydrogens (tertiary/aromatic N) is 2. The van der Waals surface area contributed by atoms with E-state index in [1.807, 2.05) is 31.9 Å². The van der Waals surface area contributed by atoms with E-state index < -0.39 is 5.60 Å². The molecule has 4 aromatic rings. The fourth-order valence-electron chi connectivity index (χ4n) is 4.70. The average Bonchev–Trinajstić information content (AvgIpc) is 3.52. The van der Waals surface area contributed by atoms with Crippen molar-refractivity contribution in [2.24, 2.45) is 0 Å². The van der Waals surface area contributed by atoms with Crippen molar-refractivity contribution < 1.29 is 9.53 Å². The fraction of sp³-hybridized carbons (Fsp3) is 0.267. The van der Waals surface area contributed by atoms with Crippen LogP contribution in [0.1, 0.15) is 37.5 Å². The van der Waals surface area contributed by atoms with Gasteiger partial charge in [0.05, 0.1) is 18.2 Å². The van der Waals surface area contributed by atoms with Crippen molar-refractivity contribution in [2.75, 3.05) is 0 Å². The zero-order valence-corrected chi connectivity index (χ0v) is 20.5. The predicted octanol–water partition coefficient (Wildman–Crippen LogP) is 6.65. The number of benzene rings is 3. The third kappa shape index (κ3) is 5.29. The van der Waals surface area contributed by atoms with E-state index in [1.54, 1.807) is 6.33 Å². The minimum atomic E-state index is -0.537. The van der Waals surface area contributed by atoms with Gasteiger partial charge in [-0.05, 0) is 67.5 Å². The number of nitrogens with one attached hydrogen (secondary N) is 1. The molecule has 0 atom stereocenters. The Morgan fingerprint density at radius 3 is 2.26 bits per heavy atom. The van der Waals surface area contributed by atoms with Gasteiger partial charge in [0.1, 0.15) is 5.60 Å². The summed E-state index contributed by atoms with van der Waals surface area (Å²) in [6.45, 7) is 6.26. The van der Waals surface area contributed by atoms with Gasteiger partial charge in [0.15, 0.2) is 0 Å². The van der Waals surface area contributed by atoms with Crippen molar-refractivity contribution in [1.29, 1.82) is 0 Å². The number of hydrogen-bond acceptors (Lipinski definition) is 3. The van der Waals surface area contributed by atoms with E-state index in [4.69, 9.17) is 4.74 Å². The summed E-state index contributed by atoms with van der Waals surface area (Å²) in [4.78, 5) is 22.4. The zero-order valence-electron chi connectivity index (χ0n) is 20.5. The molecule has 1 aliphatic rings. The Bertz CT molecular complexity index is 1280. The molecular formula is C30H31N3O2. The smallest absolute Gasteiger partial charge is 0.410 e. The zero-order chi connectivity index (χ0) is 24.4. The molecule has 0 radical (unpaired) electrons. The van der Waals surface area contributed by atoms with Crippen LogP contribution in [-0.2, 0) is 24.1 Å². The second kappa shape index (κ2) is 9.41. The Morgan fingerprint density at radius 2 is 1.63 bits per heavy atom. The monoisotopic (exact) mass is 465 g/mol. The van der Waals surface area contributed by atoms with E-state index in [9.17, 15) is 4.79 Å². The summed E-state index contributed by atoms with van der Waals surface area (Å²) in [6.07, 6.45) is 4.97. The summed E-state index contributed by atoms with van der Waals surface area (Å²) in [7, 11) is 0. The predicted molar refractivity (Wildman–Crippen MR) is 139 cm³/mol. The molecule has 1 amide bonds. The van der Waals surface area contributed by atoms with Crippen LogP contribution < -0.4 is 0 Å². The first-order valence-electron chi connectivity index (χ1n) is 12.1. The van der Waals surface area contributed by atoms with Crippen LogP contribution in [0, 0.1) is 0 Å². The van der Waals surface area contributed by atoms with Gasteiger partial charge >= 0.3 is 6.09 Å². The molecular weight excluding hydrogens is 434 g/mol. The van der Waals surface area contributed by atoms with Crippen LogP contribution >= 0.6 is 0 Å². The van der Waals surface area contributed by atoms with E-state index >= 15 is 0 Å². The van der Waals surface area contributed by atoms with Gasteiger partial charge < -0.3 is 14.6 Å². The van der Waals surface area contributed by atoms with Gasteiger partial charge in [-0.3, -0.25) is 0 Å². The Balaban J connectivity index is 1.36. The number of ether oxygens (including phenoxy) is 1. The number of carbonyl (C=O) groups excluding carboxylic acids is 1. The van der Waals surface area contributed by atoms with Gasteiger partial charge in [0, 0.05) is 18.2 Å². The Morgan fingerprint density at radius 1 is 0.943 bits per heavy atom. The SMILES string of the molecule is CC(C)(C)OC(=O)N(Cc1ccc(-c2cccc(-c3cnc[nH]3)c2)cc1)C1Cc2ccccc2C1. The first-order valence-corrected chi connectivity index (χ1v) is 12.1. The number of H-pyrrole nitrogens is 1. The van der Waals surface area contributed by atoms with Crippen molar-refractivity contribution >= 4 is 6.09 Å². The third-order valence-electron chi connectivity index (χ3n) is 6.41. The van der Waals surface area contributed by atoms with Gasteiger partial charge in [-0.2, -0.15) is 0 Å². The first-order chi connectivity index (χ1) is 16.9. The highest BCUT2D eigenvalue weighted by Gasteiger charge is 2.32. The summed E-state index contributed by atoms with van der Waals surface area (Å²) < 4.78 is 5.80. The number of carbonyl (C=O) groups is 1. The second-order valence-corrected chi connectivity index (χ2v) is 10.2. The minimum absolute atomic E-state index is 0.0908. The van der Waals surface area contributed by atoms with Gasteiger partial charge in [0.2, 0.25) is 0 Å². The molecule has 0 bridgehead atoms. The molecule has 35 heavy (non-hydrogen) atoms. The summed E-state index contributed by atoms with van der Waals surface area (Å²) in [5, 5.41) is 0. The molecule has 1 aliphatic carbocycles. The molecule has 5 heteroatoms. The van der Waals surface area contributed by atoms with E-state index in [0.29, 0.717) is 6.54 Å². The Labute approximate surface area is 206 Å². The quantitative estimate of drug-likeness (QED) is 0.359. The molecule has 178 valence electrons. The molecule has 3 aromatic carbocycles. The molecule has 0 saturated carbocycles. The summed E-state index contributed by atoms with van der Waals surface area (Å²) >= 11 is 0. The number of aromatic nitrogens is 2. The van der Waals surface area contributed by atoms with Crippen molar-refractivity contribution in [3.05, 3.63) is 102 Å². The lowest BCUT2D eigenvalue weighted by atomic mass is 10.0. The van der Waals surface area contributed by atoms with Crippen LogP contribution in [0.5, 0.6) is 0 Å². The van der Waals surface area contributed by atoms with E-state index in [2.05, 4.69) is 82.8 Å². The number of aromatic amines is 1. The summed E-state index contributed by atoms with van der Waals surface area (Å²) in [5.41, 5.74) is 7.54. The summed E-state index contributed by atoms with van der Waals surface area (Å²) in [6, 6.07) is 25.4. The van der Waals surface area contributed by atoms with Crippen LogP contribution in [0.3, 0.4) is 0 Å². The van der Waals surface area contributed by atoms with Gasteiger partial charge in [-0.15, -0.1) is 0 Å². The van der Waals surface area contributed by atoms with Crippen LogP contribution in [0.4, 0.5) is 4.79 Å². The van der Waals surface area contributed by atoms with Crippen molar-refractivity contribution in [2.45, 2.75) is 51.8 Å². The molecule has 0 unspecified atom stereocenters. The van der Waals surface area contributed by atoms with Crippen molar-refractivity contribution in [1.82, 2.24) is 14.9 Å². The van der Waals surface area contributed by atoms with Gasteiger partial charge in [-0.25, -0.2) is 9.78 Å². The molecule has 0 saturated heterocycles. The van der Waals surface area contributed by atoms with Crippen LogP contribution in [-0.4, -0.2) is 32.6 Å². The maximum Gasteiger partial charge on any atom is 0.410 e. The van der Waals surface area contributed by atoms with E-state index in [-0.39, 0.29) is 12.1 Å².